The van der Waals surface area contributed by atoms with Gasteiger partial charge in [-0.2, -0.15) is 0 Å². The van der Waals surface area contributed by atoms with Gasteiger partial charge in [0.1, 0.15) is 0 Å². The summed E-state index contributed by atoms with van der Waals surface area (Å²) in [6.07, 6.45) is 2.36. The highest BCUT2D eigenvalue weighted by molar-refractivity contribution is 6.03. The molecule has 7 nitrogen and oxygen atoms in total. The van der Waals surface area contributed by atoms with Gasteiger partial charge in [0.25, 0.3) is 11.8 Å². The molecule has 1 fully saturated rings. The molecule has 0 saturated carbocycles. The number of hydrogen-bond acceptors (Lipinski definition) is 5. The van der Waals surface area contributed by atoms with Gasteiger partial charge in [0.2, 0.25) is 0 Å². The topological polar surface area (TPSA) is 86.6 Å². The van der Waals surface area contributed by atoms with E-state index in [9.17, 15) is 9.59 Å². The van der Waals surface area contributed by atoms with E-state index in [1.165, 1.54) is 6.26 Å². The number of nitrogens with one attached hydrogen (secondary N) is 3. The second-order valence-electron chi connectivity index (χ2n) is 6.21. The van der Waals surface area contributed by atoms with Crippen LogP contribution in [0.15, 0.2) is 47.1 Å². The van der Waals surface area contributed by atoms with Crippen molar-refractivity contribution in [2.75, 3.05) is 44.6 Å². The summed E-state index contributed by atoms with van der Waals surface area (Å²) in [5, 5.41) is 8.98. The average molecular weight is 393 g/mol. The Labute approximate surface area is 164 Å². The van der Waals surface area contributed by atoms with Gasteiger partial charge >= 0.3 is 0 Å². The Morgan fingerprint density at radius 1 is 1.11 bits per heavy atom. The van der Waals surface area contributed by atoms with Crippen LogP contribution >= 0.6 is 12.4 Å². The molecule has 3 rings (SSSR count). The van der Waals surface area contributed by atoms with Crippen molar-refractivity contribution in [3.05, 3.63) is 54.0 Å². The fourth-order valence-corrected chi connectivity index (χ4v) is 2.88. The van der Waals surface area contributed by atoms with Crippen LogP contribution in [0, 0.1) is 0 Å². The van der Waals surface area contributed by atoms with E-state index in [0.29, 0.717) is 17.8 Å². The molecule has 1 aromatic carbocycles. The Balaban J connectivity index is 0.00000261. The summed E-state index contributed by atoms with van der Waals surface area (Å²) in [4.78, 5) is 26.7. The maximum absolute atomic E-state index is 12.3. The Kier molecular flexibility index (Phi) is 8.32. The highest BCUT2D eigenvalue weighted by Gasteiger charge is 2.12. The number of piperazine rings is 1. The zero-order valence-corrected chi connectivity index (χ0v) is 15.9. The van der Waals surface area contributed by atoms with Crippen LogP contribution in [0.4, 0.5) is 5.69 Å². The van der Waals surface area contributed by atoms with E-state index in [0.717, 1.165) is 39.1 Å². The molecule has 0 bridgehead atoms. The first kappa shape index (κ1) is 21.0. The molecule has 2 aromatic rings. The third-order valence-corrected chi connectivity index (χ3v) is 4.27. The summed E-state index contributed by atoms with van der Waals surface area (Å²) in [6, 6.07) is 10.1. The predicted octanol–water partition coefficient (Wildman–Crippen LogP) is 1.98. The van der Waals surface area contributed by atoms with Crippen LogP contribution in [0.25, 0.3) is 0 Å². The van der Waals surface area contributed by atoms with Crippen LogP contribution in [-0.4, -0.2) is 56.0 Å². The van der Waals surface area contributed by atoms with E-state index >= 15 is 0 Å². The molecule has 146 valence electrons. The minimum atomic E-state index is -0.344. The normalized spacial score (nSPS) is 14.2. The highest BCUT2D eigenvalue weighted by Crippen LogP contribution is 2.12. The predicted molar refractivity (Wildman–Crippen MR) is 107 cm³/mol. The molecule has 1 aliphatic rings. The molecular weight excluding hydrogens is 368 g/mol. The molecule has 8 heteroatoms. The largest absolute Gasteiger partial charge is 0.459 e. The van der Waals surface area contributed by atoms with Crippen molar-refractivity contribution in [1.82, 2.24) is 15.5 Å². The first-order valence-electron chi connectivity index (χ1n) is 8.88. The molecule has 2 amide bonds. The number of anilines is 1. The van der Waals surface area contributed by atoms with Crippen LogP contribution in [0.2, 0.25) is 0 Å². The van der Waals surface area contributed by atoms with Gasteiger partial charge in [0.15, 0.2) is 5.76 Å². The van der Waals surface area contributed by atoms with Crippen LogP contribution in [0.3, 0.4) is 0 Å². The first-order valence-corrected chi connectivity index (χ1v) is 8.88. The van der Waals surface area contributed by atoms with Crippen LogP contribution in [0.5, 0.6) is 0 Å². The van der Waals surface area contributed by atoms with Gasteiger partial charge in [-0.05, 0) is 43.3 Å². The number of carbonyl (C=O) groups excluding carboxylic acids is 2. The molecule has 0 spiro atoms. The van der Waals surface area contributed by atoms with Crippen molar-refractivity contribution in [3.63, 3.8) is 0 Å². The van der Waals surface area contributed by atoms with Gasteiger partial charge in [0, 0.05) is 44.0 Å². The highest BCUT2D eigenvalue weighted by atomic mass is 35.5. The van der Waals surface area contributed by atoms with E-state index in [4.69, 9.17) is 4.42 Å². The Morgan fingerprint density at radius 2 is 1.93 bits per heavy atom. The molecule has 0 atom stereocenters. The lowest BCUT2D eigenvalue weighted by atomic mass is 10.2. The van der Waals surface area contributed by atoms with E-state index < -0.39 is 0 Å². The second-order valence-corrected chi connectivity index (χ2v) is 6.21. The van der Waals surface area contributed by atoms with Crippen molar-refractivity contribution in [1.29, 1.82) is 0 Å². The Hall–Kier alpha value is -2.35. The summed E-state index contributed by atoms with van der Waals surface area (Å²) in [5.74, 6) is -0.254. The van der Waals surface area contributed by atoms with Gasteiger partial charge in [-0.15, -0.1) is 12.4 Å². The number of halogens is 1. The zero-order chi connectivity index (χ0) is 18.2. The molecular formula is C19H25ClN4O3. The molecule has 0 unspecified atom stereocenters. The van der Waals surface area contributed by atoms with Gasteiger partial charge in [0.05, 0.1) is 6.26 Å². The SMILES string of the molecule is Cl.O=C(NCCCN1CCNCC1)c1cccc(NC(=O)c2ccco2)c1. The minimum Gasteiger partial charge on any atom is -0.459 e. The first-order chi connectivity index (χ1) is 12.7. The fourth-order valence-electron chi connectivity index (χ4n) is 2.88. The maximum Gasteiger partial charge on any atom is 0.291 e. The van der Waals surface area contributed by atoms with Gasteiger partial charge in [-0.1, -0.05) is 6.07 Å². The van der Waals surface area contributed by atoms with Crippen molar-refractivity contribution in [2.24, 2.45) is 0 Å². The summed E-state index contributed by atoms with van der Waals surface area (Å²) in [5.41, 5.74) is 1.07. The quantitative estimate of drug-likeness (QED) is 0.627. The van der Waals surface area contributed by atoms with E-state index in [2.05, 4.69) is 20.9 Å². The molecule has 3 N–H and O–H groups in total. The lowest BCUT2D eigenvalue weighted by Gasteiger charge is -2.27. The van der Waals surface area contributed by atoms with Gasteiger partial charge in [-0.3, -0.25) is 9.59 Å². The maximum atomic E-state index is 12.3. The number of furan rings is 1. The summed E-state index contributed by atoms with van der Waals surface area (Å²) in [7, 11) is 0. The number of carbonyl (C=O) groups is 2. The van der Waals surface area contributed by atoms with E-state index in [1.54, 1.807) is 36.4 Å². The van der Waals surface area contributed by atoms with E-state index in [-0.39, 0.29) is 30.0 Å². The standard InChI is InChI=1S/C19H24N4O3.ClH/c24-18(21-7-3-10-23-11-8-20-9-12-23)15-4-1-5-16(14-15)22-19(25)17-6-2-13-26-17;/h1-2,4-6,13-14,20H,3,7-12H2,(H,21,24)(H,22,25);1H. The number of rotatable bonds is 7. The molecule has 27 heavy (non-hydrogen) atoms. The summed E-state index contributed by atoms with van der Waals surface area (Å²) in [6.45, 7) is 5.80. The molecule has 0 aliphatic carbocycles. The summed E-state index contributed by atoms with van der Waals surface area (Å²) >= 11 is 0. The Bertz CT molecular complexity index is 730. The van der Waals surface area contributed by atoms with Crippen LogP contribution < -0.4 is 16.0 Å². The third kappa shape index (κ3) is 6.39. The number of nitrogens with zero attached hydrogens (tertiary/aromatic N) is 1. The molecule has 1 saturated heterocycles. The minimum absolute atomic E-state index is 0. The summed E-state index contributed by atoms with van der Waals surface area (Å²) < 4.78 is 5.06. The average Bonchev–Trinajstić information content (AvgIpc) is 3.21. The lowest BCUT2D eigenvalue weighted by molar-refractivity contribution is 0.0949. The lowest BCUT2D eigenvalue weighted by Crippen LogP contribution is -2.44. The van der Waals surface area contributed by atoms with Gasteiger partial charge in [-0.25, -0.2) is 0 Å². The second kappa shape index (κ2) is 10.7. The van der Waals surface area contributed by atoms with Crippen molar-refractivity contribution >= 4 is 29.9 Å². The molecule has 0 radical (unpaired) electrons. The van der Waals surface area contributed by atoms with Gasteiger partial charge < -0.3 is 25.3 Å². The van der Waals surface area contributed by atoms with Crippen molar-refractivity contribution in [2.45, 2.75) is 6.42 Å². The van der Waals surface area contributed by atoms with Crippen LogP contribution in [-0.2, 0) is 0 Å². The fraction of sp³-hybridized carbons (Fsp3) is 0.368. The van der Waals surface area contributed by atoms with E-state index in [1.807, 2.05) is 0 Å². The number of benzene rings is 1. The Morgan fingerprint density at radius 3 is 2.67 bits per heavy atom. The smallest absolute Gasteiger partial charge is 0.291 e. The van der Waals surface area contributed by atoms with Crippen molar-refractivity contribution in [3.8, 4) is 0 Å². The zero-order valence-electron chi connectivity index (χ0n) is 15.1. The van der Waals surface area contributed by atoms with Crippen molar-refractivity contribution < 1.29 is 14.0 Å². The monoisotopic (exact) mass is 392 g/mol. The number of hydrogen-bond donors (Lipinski definition) is 3. The molecule has 1 aromatic heterocycles. The van der Waals surface area contributed by atoms with Crippen LogP contribution in [0.1, 0.15) is 27.3 Å². The molecule has 2 heterocycles. The number of amides is 2. The third-order valence-electron chi connectivity index (χ3n) is 4.27. The molecule has 1 aliphatic heterocycles.